The number of amides is 1. The summed E-state index contributed by atoms with van der Waals surface area (Å²) >= 11 is 0. The van der Waals surface area contributed by atoms with Crippen molar-refractivity contribution in [3.63, 3.8) is 0 Å². The molecule has 1 aromatic carbocycles. The van der Waals surface area contributed by atoms with E-state index in [9.17, 15) is 9.59 Å². The number of likely N-dealkylation sites (tertiary alicyclic amines) is 1. The van der Waals surface area contributed by atoms with E-state index in [2.05, 4.69) is 10.3 Å². The number of hydrogen-bond donors (Lipinski definition) is 0. The molecular formula is C18H16N4O4. The second-order valence-electron chi connectivity index (χ2n) is 6.60. The van der Waals surface area contributed by atoms with Gasteiger partial charge in [-0.3, -0.25) is 9.59 Å². The molecule has 5 rings (SSSR count). The predicted octanol–water partition coefficient (Wildman–Crippen LogP) is 1.37. The number of carbonyl (C=O) groups is 1. The van der Waals surface area contributed by atoms with Gasteiger partial charge in [0, 0.05) is 19.2 Å². The molecule has 4 heterocycles. The van der Waals surface area contributed by atoms with Crippen molar-refractivity contribution in [1.29, 1.82) is 0 Å². The van der Waals surface area contributed by atoms with Crippen molar-refractivity contribution in [2.24, 2.45) is 0 Å². The number of carbonyl (C=O) groups excluding carboxylic acids is 1. The molecule has 0 bridgehead atoms. The van der Waals surface area contributed by atoms with Crippen LogP contribution in [-0.2, 0) is 11.3 Å². The lowest BCUT2D eigenvalue weighted by Gasteiger charge is -2.40. The third kappa shape index (κ3) is 2.33. The number of aromatic nitrogens is 3. The minimum Gasteiger partial charge on any atom is -0.451 e. The number of para-hydroxylation sites is 1. The average molecular weight is 352 g/mol. The Morgan fingerprint density at radius 1 is 1.27 bits per heavy atom. The van der Waals surface area contributed by atoms with Gasteiger partial charge in [0.25, 0.3) is 5.91 Å². The molecule has 0 N–H and O–H groups in total. The summed E-state index contributed by atoms with van der Waals surface area (Å²) in [5.41, 5.74) is 1.10. The molecule has 0 aliphatic carbocycles. The number of ether oxygens (including phenoxy) is 1. The highest BCUT2D eigenvalue weighted by atomic mass is 16.5. The molecule has 0 saturated carbocycles. The summed E-state index contributed by atoms with van der Waals surface area (Å²) in [6.07, 6.45) is 2.39. The van der Waals surface area contributed by atoms with E-state index >= 15 is 0 Å². The maximum atomic E-state index is 12.9. The van der Waals surface area contributed by atoms with Crippen LogP contribution in [0.4, 0.5) is 0 Å². The number of hydrogen-bond acceptors (Lipinski definition) is 6. The van der Waals surface area contributed by atoms with Crippen LogP contribution in [0.3, 0.4) is 0 Å². The van der Waals surface area contributed by atoms with Crippen LogP contribution < -0.4 is 5.43 Å². The quantitative estimate of drug-likeness (QED) is 0.657. The summed E-state index contributed by atoms with van der Waals surface area (Å²) in [6, 6.07) is 8.12. The summed E-state index contributed by atoms with van der Waals surface area (Å²) in [6.45, 7) is 1.47. The Morgan fingerprint density at radius 2 is 2.15 bits per heavy atom. The Morgan fingerprint density at radius 3 is 3.08 bits per heavy atom. The first-order valence-electron chi connectivity index (χ1n) is 8.53. The van der Waals surface area contributed by atoms with Crippen molar-refractivity contribution in [3.8, 4) is 0 Å². The molecule has 3 aromatic rings. The first kappa shape index (κ1) is 15.3. The van der Waals surface area contributed by atoms with Gasteiger partial charge in [0.2, 0.25) is 0 Å². The first-order valence-corrected chi connectivity index (χ1v) is 8.53. The minimum absolute atomic E-state index is 0.0110. The third-order valence-corrected chi connectivity index (χ3v) is 5.06. The molecule has 1 amide bonds. The van der Waals surface area contributed by atoms with Crippen LogP contribution in [0.25, 0.3) is 11.0 Å². The molecule has 2 aliphatic heterocycles. The Labute approximate surface area is 148 Å². The first-order chi connectivity index (χ1) is 12.7. The molecule has 2 aromatic heterocycles. The second kappa shape index (κ2) is 5.77. The van der Waals surface area contributed by atoms with Crippen LogP contribution in [0.2, 0.25) is 0 Å². The largest absolute Gasteiger partial charge is 0.451 e. The zero-order chi connectivity index (χ0) is 17.7. The van der Waals surface area contributed by atoms with E-state index in [0.29, 0.717) is 37.1 Å². The lowest BCUT2D eigenvalue weighted by Crippen LogP contribution is -2.50. The highest BCUT2D eigenvalue weighted by Gasteiger charge is 2.38. The highest BCUT2D eigenvalue weighted by molar-refractivity contribution is 5.93. The molecule has 0 unspecified atom stereocenters. The van der Waals surface area contributed by atoms with Crippen molar-refractivity contribution in [1.82, 2.24) is 19.9 Å². The summed E-state index contributed by atoms with van der Waals surface area (Å²) < 4.78 is 13.4. The maximum absolute atomic E-state index is 12.9. The molecule has 1 fully saturated rings. The van der Waals surface area contributed by atoms with E-state index in [1.54, 1.807) is 35.4 Å². The van der Waals surface area contributed by atoms with Crippen LogP contribution in [0.15, 0.2) is 45.7 Å². The molecule has 2 atom stereocenters. The van der Waals surface area contributed by atoms with Crippen molar-refractivity contribution < 1.29 is 13.9 Å². The van der Waals surface area contributed by atoms with Gasteiger partial charge in [0.15, 0.2) is 11.2 Å². The van der Waals surface area contributed by atoms with Gasteiger partial charge >= 0.3 is 0 Å². The summed E-state index contributed by atoms with van der Waals surface area (Å²) in [7, 11) is 0. The molecule has 8 heteroatoms. The molecular weight excluding hydrogens is 336 g/mol. The van der Waals surface area contributed by atoms with E-state index in [0.717, 1.165) is 5.69 Å². The fraction of sp³-hybridized carbons (Fsp3) is 0.333. The lowest BCUT2D eigenvalue weighted by atomic mass is 10.00. The molecule has 26 heavy (non-hydrogen) atoms. The van der Waals surface area contributed by atoms with E-state index in [-0.39, 0.29) is 29.2 Å². The summed E-state index contributed by atoms with van der Waals surface area (Å²) in [5.74, 6) is -0.235. The van der Waals surface area contributed by atoms with Crippen molar-refractivity contribution in [2.45, 2.75) is 25.2 Å². The maximum Gasteiger partial charge on any atom is 0.289 e. The zero-order valence-electron chi connectivity index (χ0n) is 13.9. The number of nitrogens with zero attached hydrogens (tertiary/aromatic N) is 4. The lowest BCUT2D eigenvalue weighted by molar-refractivity contribution is -0.0608. The smallest absolute Gasteiger partial charge is 0.289 e. The summed E-state index contributed by atoms with van der Waals surface area (Å²) in [4.78, 5) is 26.9. The van der Waals surface area contributed by atoms with Gasteiger partial charge in [0.1, 0.15) is 5.58 Å². The van der Waals surface area contributed by atoms with Gasteiger partial charge < -0.3 is 14.1 Å². The molecule has 8 nitrogen and oxygen atoms in total. The molecule has 1 saturated heterocycles. The average Bonchev–Trinajstić information content (AvgIpc) is 3.16. The van der Waals surface area contributed by atoms with Crippen molar-refractivity contribution in [2.75, 3.05) is 13.1 Å². The van der Waals surface area contributed by atoms with Gasteiger partial charge in [-0.05, 0) is 18.6 Å². The predicted molar refractivity (Wildman–Crippen MR) is 90.6 cm³/mol. The Balaban J connectivity index is 1.46. The minimum atomic E-state index is -0.293. The third-order valence-electron chi connectivity index (χ3n) is 5.06. The second-order valence-corrected chi connectivity index (χ2v) is 6.60. The molecule has 2 aliphatic rings. The standard InChI is InChI=1S/C18H16N4O4/c23-14-7-17(26-15-4-2-1-3-12(14)15)18(24)21-6-5-16-13(9-21)22-11(10-25-16)8-19-20-22/h1-4,7-8,13,16H,5-6,9-10H2/t13-,16-/m1/s1. The van der Waals surface area contributed by atoms with Gasteiger partial charge in [-0.15, -0.1) is 5.10 Å². The van der Waals surface area contributed by atoms with Crippen molar-refractivity contribution in [3.05, 3.63) is 58.2 Å². The highest BCUT2D eigenvalue weighted by Crippen LogP contribution is 2.30. The summed E-state index contributed by atoms with van der Waals surface area (Å²) in [5, 5.41) is 8.54. The number of piperidine rings is 1. The molecule has 0 spiro atoms. The SMILES string of the molecule is O=C(c1cc(=O)c2ccccc2o1)N1CC[C@H]2OCc3cnnn3[C@@H]2C1. The topological polar surface area (TPSA) is 90.5 Å². The molecule has 132 valence electrons. The van der Waals surface area contributed by atoms with Gasteiger partial charge in [-0.1, -0.05) is 17.3 Å². The van der Waals surface area contributed by atoms with Crippen LogP contribution in [0.1, 0.15) is 28.7 Å². The van der Waals surface area contributed by atoms with E-state index < -0.39 is 0 Å². The Hall–Kier alpha value is -3.00. The van der Waals surface area contributed by atoms with E-state index in [1.807, 2.05) is 4.68 Å². The van der Waals surface area contributed by atoms with Crippen LogP contribution in [-0.4, -0.2) is 45.0 Å². The monoisotopic (exact) mass is 352 g/mol. The molecule has 0 radical (unpaired) electrons. The number of rotatable bonds is 1. The number of fused-ring (bicyclic) bond motifs is 4. The zero-order valence-corrected chi connectivity index (χ0v) is 13.9. The Bertz CT molecular complexity index is 1060. The van der Waals surface area contributed by atoms with Crippen LogP contribution >= 0.6 is 0 Å². The van der Waals surface area contributed by atoms with E-state index in [1.165, 1.54) is 6.07 Å². The van der Waals surface area contributed by atoms with Crippen LogP contribution in [0.5, 0.6) is 0 Å². The van der Waals surface area contributed by atoms with Crippen molar-refractivity contribution >= 4 is 16.9 Å². The van der Waals surface area contributed by atoms with E-state index in [4.69, 9.17) is 9.15 Å². The Kier molecular flexibility index (Phi) is 3.39. The fourth-order valence-electron chi connectivity index (χ4n) is 3.73. The number of benzene rings is 1. The normalized spacial score (nSPS) is 22.1. The van der Waals surface area contributed by atoms with Gasteiger partial charge in [-0.25, -0.2) is 4.68 Å². The van der Waals surface area contributed by atoms with Gasteiger partial charge in [-0.2, -0.15) is 0 Å². The van der Waals surface area contributed by atoms with Gasteiger partial charge in [0.05, 0.1) is 36.0 Å². The fourth-order valence-corrected chi connectivity index (χ4v) is 3.73. The van der Waals surface area contributed by atoms with Crippen LogP contribution in [0, 0.1) is 0 Å².